The van der Waals surface area contributed by atoms with E-state index in [9.17, 15) is 0 Å². The highest BCUT2D eigenvalue weighted by atomic mass is 16.5. The topological polar surface area (TPSA) is 60.2 Å². The molecule has 0 saturated heterocycles. The predicted octanol–water partition coefficient (Wildman–Crippen LogP) is 1.85. The zero-order valence-electron chi connectivity index (χ0n) is 10.5. The normalized spacial score (nSPS) is 21.2. The molecule has 5 heteroatoms. The van der Waals surface area contributed by atoms with Gasteiger partial charge < -0.3 is 14.6 Å². The van der Waals surface area contributed by atoms with Crippen molar-refractivity contribution in [2.45, 2.75) is 31.3 Å². The van der Waals surface area contributed by atoms with Crippen molar-refractivity contribution in [3.8, 4) is 5.75 Å². The van der Waals surface area contributed by atoms with Crippen molar-refractivity contribution in [3.63, 3.8) is 0 Å². The van der Waals surface area contributed by atoms with Gasteiger partial charge >= 0.3 is 0 Å². The first-order valence-corrected chi connectivity index (χ1v) is 6.68. The molecule has 1 N–H and O–H groups in total. The summed E-state index contributed by atoms with van der Waals surface area (Å²) < 4.78 is 11.0. The molecule has 1 fully saturated rings. The molecule has 0 spiro atoms. The van der Waals surface area contributed by atoms with E-state index in [1.165, 1.54) is 12.8 Å². The molecule has 1 saturated carbocycles. The van der Waals surface area contributed by atoms with Crippen LogP contribution in [0.2, 0.25) is 0 Å². The van der Waals surface area contributed by atoms with Gasteiger partial charge in [0.25, 0.3) is 0 Å². The number of nitrogens with zero attached hydrogens (tertiary/aromatic N) is 2. The van der Waals surface area contributed by atoms with E-state index in [0.29, 0.717) is 25.1 Å². The van der Waals surface area contributed by atoms with Crippen molar-refractivity contribution in [2.75, 3.05) is 6.61 Å². The summed E-state index contributed by atoms with van der Waals surface area (Å²) in [6, 6.07) is 8.66. The molecule has 1 aliphatic carbocycles. The molecule has 0 bridgehead atoms. The highest BCUT2D eigenvalue weighted by Gasteiger charge is 2.30. The van der Waals surface area contributed by atoms with Crippen LogP contribution in [0, 0.1) is 0 Å². The first kappa shape index (κ1) is 11.0. The van der Waals surface area contributed by atoms with Gasteiger partial charge in [-0.05, 0) is 18.9 Å². The Hall–Kier alpha value is -1.88. The fourth-order valence-electron chi connectivity index (χ4n) is 2.37. The van der Waals surface area contributed by atoms with Gasteiger partial charge in [0, 0.05) is 11.6 Å². The van der Waals surface area contributed by atoms with Gasteiger partial charge in [-0.2, -0.15) is 4.98 Å². The lowest BCUT2D eigenvalue weighted by atomic mass is 10.0. The lowest BCUT2D eigenvalue weighted by Gasteiger charge is -2.01. The van der Waals surface area contributed by atoms with Crippen LogP contribution in [0.1, 0.15) is 36.0 Å². The maximum atomic E-state index is 5.64. The number of aromatic nitrogens is 2. The van der Waals surface area contributed by atoms with Crippen LogP contribution in [-0.2, 0) is 6.54 Å². The Morgan fingerprint density at radius 2 is 2.16 bits per heavy atom. The average molecular weight is 257 g/mol. The number of rotatable bonds is 4. The summed E-state index contributed by atoms with van der Waals surface area (Å²) in [6.45, 7) is 1.26. The molecule has 1 aromatic heterocycles. The van der Waals surface area contributed by atoms with Gasteiger partial charge in [0.1, 0.15) is 18.3 Å². The Morgan fingerprint density at radius 1 is 1.26 bits per heavy atom. The van der Waals surface area contributed by atoms with Crippen LogP contribution in [0.4, 0.5) is 0 Å². The summed E-state index contributed by atoms with van der Waals surface area (Å²) >= 11 is 0. The SMILES string of the molecule is c1ccc2c(c1)OCC2c1nc(CNC2CC2)no1. The minimum atomic E-state index is 0.0679. The number of hydrogen-bond donors (Lipinski definition) is 1. The van der Waals surface area contributed by atoms with E-state index in [-0.39, 0.29) is 5.92 Å². The Kier molecular flexibility index (Phi) is 2.51. The van der Waals surface area contributed by atoms with Crippen molar-refractivity contribution in [1.29, 1.82) is 0 Å². The number of ether oxygens (including phenoxy) is 1. The van der Waals surface area contributed by atoms with Crippen LogP contribution in [-0.4, -0.2) is 22.8 Å². The molecule has 2 heterocycles. The van der Waals surface area contributed by atoms with Crippen LogP contribution >= 0.6 is 0 Å². The molecule has 98 valence electrons. The fourth-order valence-corrected chi connectivity index (χ4v) is 2.37. The largest absolute Gasteiger partial charge is 0.492 e. The quantitative estimate of drug-likeness (QED) is 0.905. The molecule has 2 aromatic rings. The van der Waals surface area contributed by atoms with Crippen LogP contribution in [0.15, 0.2) is 28.8 Å². The molecule has 1 unspecified atom stereocenters. The highest BCUT2D eigenvalue weighted by Crippen LogP contribution is 2.36. The molecule has 4 rings (SSSR count). The van der Waals surface area contributed by atoms with Gasteiger partial charge in [-0.1, -0.05) is 23.4 Å². The minimum Gasteiger partial charge on any atom is -0.492 e. The Bertz CT molecular complexity index is 592. The highest BCUT2D eigenvalue weighted by molar-refractivity contribution is 5.42. The maximum Gasteiger partial charge on any atom is 0.237 e. The summed E-state index contributed by atoms with van der Waals surface area (Å²) in [5, 5.41) is 7.41. The maximum absolute atomic E-state index is 5.64. The monoisotopic (exact) mass is 257 g/mol. The molecule has 0 radical (unpaired) electrons. The molecule has 1 aliphatic heterocycles. The summed E-state index contributed by atoms with van der Waals surface area (Å²) in [5.74, 6) is 2.37. The average Bonchev–Trinajstić information content (AvgIpc) is 3.00. The van der Waals surface area contributed by atoms with E-state index in [1.54, 1.807) is 0 Å². The number of para-hydroxylation sites is 1. The smallest absolute Gasteiger partial charge is 0.237 e. The predicted molar refractivity (Wildman–Crippen MR) is 67.9 cm³/mol. The molecule has 5 nitrogen and oxygen atoms in total. The molecular formula is C14H15N3O2. The number of hydrogen-bond acceptors (Lipinski definition) is 5. The van der Waals surface area contributed by atoms with Crippen molar-refractivity contribution in [3.05, 3.63) is 41.5 Å². The van der Waals surface area contributed by atoms with E-state index < -0.39 is 0 Å². The first-order chi connectivity index (χ1) is 9.40. The van der Waals surface area contributed by atoms with Gasteiger partial charge in [-0.25, -0.2) is 0 Å². The molecule has 1 atom stereocenters. The van der Waals surface area contributed by atoms with Crippen molar-refractivity contribution in [2.24, 2.45) is 0 Å². The summed E-state index contributed by atoms with van der Waals surface area (Å²) in [6.07, 6.45) is 2.52. The molecule has 19 heavy (non-hydrogen) atoms. The minimum absolute atomic E-state index is 0.0679. The van der Waals surface area contributed by atoms with E-state index in [2.05, 4.69) is 21.5 Å². The third-order valence-corrected chi connectivity index (χ3v) is 3.61. The van der Waals surface area contributed by atoms with Crippen LogP contribution in [0.25, 0.3) is 0 Å². The second kappa shape index (κ2) is 4.35. The second-order valence-corrected chi connectivity index (χ2v) is 5.11. The van der Waals surface area contributed by atoms with Crippen molar-refractivity contribution in [1.82, 2.24) is 15.5 Å². The third-order valence-electron chi connectivity index (χ3n) is 3.61. The Balaban J connectivity index is 1.53. The number of nitrogens with one attached hydrogen (secondary N) is 1. The van der Waals surface area contributed by atoms with E-state index in [4.69, 9.17) is 9.26 Å². The Morgan fingerprint density at radius 3 is 3.05 bits per heavy atom. The van der Waals surface area contributed by atoms with E-state index in [1.807, 2.05) is 18.2 Å². The molecular weight excluding hydrogens is 242 g/mol. The Labute approximate surface area is 111 Å². The number of fused-ring (bicyclic) bond motifs is 1. The van der Waals surface area contributed by atoms with Crippen molar-refractivity contribution >= 4 is 0 Å². The fraction of sp³-hybridized carbons (Fsp3) is 0.429. The lowest BCUT2D eigenvalue weighted by molar-refractivity contribution is 0.304. The van der Waals surface area contributed by atoms with Crippen LogP contribution < -0.4 is 10.1 Å². The second-order valence-electron chi connectivity index (χ2n) is 5.11. The third kappa shape index (κ3) is 2.10. The molecule has 1 aromatic carbocycles. The van der Waals surface area contributed by atoms with E-state index in [0.717, 1.165) is 17.1 Å². The van der Waals surface area contributed by atoms with Gasteiger partial charge in [0.05, 0.1) is 6.54 Å². The molecule has 2 aliphatic rings. The van der Waals surface area contributed by atoms with Gasteiger partial charge in [-0.3, -0.25) is 0 Å². The molecule has 0 amide bonds. The van der Waals surface area contributed by atoms with Crippen molar-refractivity contribution < 1.29 is 9.26 Å². The summed E-state index contributed by atoms with van der Waals surface area (Å²) in [4.78, 5) is 4.47. The first-order valence-electron chi connectivity index (χ1n) is 6.68. The van der Waals surface area contributed by atoms with Gasteiger partial charge in [0.2, 0.25) is 5.89 Å². The zero-order valence-corrected chi connectivity index (χ0v) is 10.5. The summed E-state index contributed by atoms with van der Waals surface area (Å²) in [5.41, 5.74) is 1.13. The van der Waals surface area contributed by atoms with Gasteiger partial charge in [0.15, 0.2) is 5.82 Å². The van der Waals surface area contributed by atoms with Gasteiger partial charge in [-0.15, -0.1) is 0 Å². The number of benzene rings is 1. The lowest BCUT2D eigenvalue weighted by Crippen LogP contribution is -2.16. The standard InChI is InChI=1S/C14H15N3O2/c1-2-4-12-10(3-1)11(8-18-12)14-16-13(17-19-14)7-15-9-5-6-9/h1-4,9,11,15H,5-8H2. The van der Waals surface area contributed by atoms with Crippen LogP contribution in [0.3, 0.4) is 0 Å². The zero-order chi connectivity index (χ0) is 12.7. The van der Waals surface area contributed by atoms with Crippen LogP contribution in [0.5, 0.6) is 5.75 Å². The summed E-state index contributed by atoms with van der Waals surface area (Å²) in [7, 11) is 0. The van der Waals surface area contributed by atoms with E-state index >= 15 is 0 Å².